The molecule has 0 bridgehead atoms. The Hall–Kier alpha value is -1.84. The van der Waals surface area contributed by atoms with Crippen LogP contribution in [0, 0.1) is 0 Å². The summed E-state index contributed by atoms with van der Waals surface area (Å²) in [5.74, 6) is -0.302. The lowest BCUT2D eigenvalue weighted by atomic mass is 9.97. The average molecular weight is 249 g/mol. The molecular formula is C14H19NO3. The van der Waals surface area contributed by atoms with E-state index in [2.05, 4.69) is 13.2 Å². The number of ketones is 1. The Morgan fingerprint density at radius 2 is 2.33 bits per heavy atom. The normalized spacial score (nSPS) is 20.4. The maximum atomic E-state index is 11.5. The molecule has 0 saturated carbocycles. The Kier molecular flexibility index (Phi) is 5.36. The van der Waals surface area contributed by atoms with Crippen LogP contribution >= 0.6 is 0 Å². The summed E-state index contributed by atoms with van der Waals surface area (Å²) in [6, 6.07) is -0.151. The van der Waals surface area contributed by atoms with Gasteiger partial charge in [0, 0.05) is 32.5 Å². The number of nitrogens with zero attached hydrogens (tertiary/aromatic N) is 1. The predicted octanol–water partition coefficient (Wildman–Crippen LogP) is 1.84. The van der Waals surface area contributed by atoms with Crippen LogP contribution in [0.15, 0.2) is 37.6 Å². The summed E-state index contributed by atoms with van der Waals surface area (Å²) >= 11 is 0. The summed E-state index contributed by atoms with van der Waals surface area (Å²) in [4.78, 5) is 24.6. The first-order valence-corrected chi connectivity index (χ1v) is 5.94. The molecule has 1 heterocycles. The highest BCUT2D eigenvalue weighted by Crippen LogP contribution is 2.20. The summed E-state index contributed by atoms with van der Waals surface area (Å²) < 4.78 is 5.28. The number of carbonyl (C=O) groups excluding carboxylic acids is 2. The van der Waals surface area contributed by atoms with Gasteiger partial charge in [-0.1, -0.05) is 12.2 Å². The van der Waals surface area contributed by atoms with E-state index in [1.165, 1.54) is 6.92 Å². The van der Waals surface area contributed by atoms with Gasteiger partial charge in [-0.25, -0.2) is 0 Å². The molecule has 2 atom stereocenters. The lowest BCUT2D eigenvalue weighted by molar-refractivity contribution is -0.150. The van der Waals surface area contributed by atoms with Crippen molar-refractivity contribution in [2.45, 2.75) is 31.9 Å². The monoisotopic (exact) mass is 249 g/mol. The maximum Gasteiger partial charge on any atom is 0.302 e. The number of ether oxygens (including phenoxy) is 1. The van der Waals surface area contributed by atoms with E-state index >= 15 is 0 Å². The Bertz CT molecular complexity index is 373. The van der Waals surface area contributed by atoms with Gasteiger partial charge in [-0.15, -0.1) is 13.2 Å². The molecule has 4 heteroatoms. The van der Waals surface area contributed by atoms with E-state index in [9.17, 15) is 9.59 Å². The number of hydrogen-bond donors (Lipinski definition) is 0. The zero-order valence-electron chi connectivity index (χ0n) is 10.7. The second-order valence-electron chi connectivity index (χ2n) is 4.21. The SMILES string of the molecule is C=CC[C@@H](OC(C)=O)C1CC(=O)C=CN1CC=C. The molecule has 18 heavy (non-hydrogen) atoms. The second-order valence-corrected chi connectivity index (χ2v) is 4.21. The van der Waals surface area contributed by atoms with Crippen molar-refractivity contribution >= 4 is 11.8 Å². The molecule has 0 N–H and O–H groups in total. The molecule has 0 radical (unpaired) electrons. The van der Waals surface area contributed by atoms with Gasteiger partial charge in [0.2, 0.25) is 0 Å². The Balaban J connectivity index is 2.87. The summed E-state index contributed by atoms with van der Waals surface area (Å²) in [6.07, 6.45) is 7.24. The zero-order valence-corrected chi connectivity index (χ0v) is 10.7. The van der Waals surface area contributed by atoms with Gasteiger partial charge in [-0.2, -0.15) is 0 Å². The van der Waals surface area contributed by atoms with E-state index in [-0.39, 0.29) is 23.9 Å². The van der Waals surface area contributed by atoms with Crippen molar-refractivity contribution in [3.05, 3.63) is 37.6 Å². The number of hydrogen-bond acceptors (Lipinski definition) is 4. The molecule has 1 unspecified atom stereocenters. The fourth-order valence-electron chi connectivity index (χ4n) is 2.03. The van der Waals surface area contributed by atoms with Crippen LogP contribution < -0.4 is 0 Å². The second kappa shape index (κ2) is 6.79. The van der Waals surface area contributed by atoms with Gasteiger partial charge in [-0.05, 0) is 6.08 Å². The largest absolute Gasteiger partial charge is 0.460 e. The van der Waals surface area contributed by atoms with Gasteiger partial charge in [0.05, 0.1) is 6.04 Å². The van der Waals surface area contributed by atoms with Crippen molar-refractivity contribution in [2.75, 3.05) is 6.54 Å². The third kappa shape index (κ3) is 3.87. The molecule has 4 nitrogen and oxygen atoms in total. The topological polar surface area (TPSA) is 46.6 Å². The fourth-order valence-corrected chi connectivity index (χ4v) is 2.03. The molecule has 0 saturated heterocycles. The van der Waals surface area contributed by atoms with E-state index in [1.807, 2.05) is 4.90 Å². The molecule has 0 amide bonds. The Morgan fingerprint density at radius 3 is 2.89 bits per heavy atom. The average Bonchev–Trinajstić information content (AvgIpc) is 2.30. The van der Waals surface area contributed by atoms with Crippen LogP contribution in [0.3, 0.4) is 0 Å². The van der Waals surface area contributed by atoms with Gasteiger partial charge in [-0.3, -0.25) is 9.59 Å². The minimum atomic E-state index is -0.353. The van der Waals surface area contributed by atoms with Crippen molar-refractivity contribution in [3.8, 4) is 0 Å². The standard InChI is InChI=1S/C14H19NO3/c1-4-6-14(18-11(3)16)13-10-12(17)7-9-15(13)8-5-2/h4-5,7,9,13-14H,1-2,6,8,10H2,3H3/t13?,14-/m1/s1. The molecule has 1 aliphatic rings. The fraction of sp³-hybridized carbons (Fsp3) is 0.429. The summed E-state index contributed by atoms with van der Waals surface area (Å²) in [5.41, 5.74) is 0. The molecule has 1 rings (SSSR count). The van der Waals surface area contributed by atoms with Crippen molar-refractivity contribution in [2.24, 2.45) is 0 Å². The van der Waals surface area contributed by atoms with Crippen LogP contribution in [0.2, 0.25) is 0 Å². The molecule has 0 aromatic heterocycles. The summed E-state index contributed by atoms with van der Waals surface area (Å²) in [7, 11) is 0. The third-order valence-corrected chi connectivity index (χ3v) is 2.77. The maximum absolute atomic E-state index is 11.5. The van der Waals surface area contributed by atoms with Gasteiger partial charge >= 0.3 is 5.97 Å². The molecule has 0 spiro atoms. The third-order valence-electron chi connectivity index (χ3n) is 2.77. The van der Waals surface area contributed by atoms with Crippen LogP contribution in [-0.4, -0.2) is 35.3 Å². The summed E-state index contributed by atoms with van der Waals surface area (Å²) in [6.45, 7) is 9.33. The first-order valence-electron chi connectivity index (χ1n) is 5.94. The van der Waals surface area contributed by atoms with Crippen LogP contribution in [-0.2, 0) is 14.3 Å². The van der Waals surface area contributed by atoms with E-state index < -0.39 is 0 Å². The highest BCUT2D eigenvalue weighted by atomic mass is 16.5. The van der Waals surface area contributed by atoms with Crippen LogP contribution in [0.4, 0.5) is 0 Å². The number of esters is 1. The van der Waals surface area contributed by atoms with E-state index in [4.69, 9.17) is 4.74 Å². The van der Waals surface area contributed by atoms with Crippen molar-refractivity contribution in [1.82, 2.24) is 4.90 Å². The summed E-state index contributed by atoms with van der Waals surface area (Å²) in [5, 5.41) is 0. The lowest BCUT2D eigenvalue weighted by Crippen LogP contribution is -2.45. The van der Waals surface area contributed by atoms with Gasteiger partial charge in [0.15, 0.2) is 5.78 Å². The lowest BCUT2D eigenvalue weighted by Gasteiger charge is -2.36. The highest BCUT2D eigenvalue weighted by molar-refractivity contribution is 5.90. The first kappa shape index (κ1) is 14.2. The molecule has 1 aliphatic heterocycles. The molecular weight excluding hydrogens is 230 g/mol. The predicted molar refractivity (Wildman–Crippen MR) is 69.8 cm³/mol. The minimum absolute atomic E-state index is 0.0431. The highest BCUT2D eigenvalue weighted by Gasteiger charge is 2.31. The molecule has 0 fully saturated rings. The number of rotatable bonds is 6. The van der Waals surface area contributed by atoms with E-state index in [0.717, 1.165) is 0 Å². The molecule has 0 aromatic carbocycles. The quantitative estimate of drug-likeness (QED) is 0.532. The Morgan fingerprint density at radius 1 is 1.61 bits per heavy atom. The minimum Gasteiger partial charge on any atom is -0.460 e. The van der Waals surface area contributed by atoms with Crippen molar-refractivity contribution in [3.63, 3.8) is 0 Å². The van der Waals surface area contributed by atoms with Crippen LogP contribution in [0.5, 0.6) is 0 Å². The van der Waals surface area contributed by atoms with Crippen molar-refractivity contribution < 1.29 is 14.3 Å². The smallest absolute Gasteiger partial charge is 0.302 e. The Labute approximate surface area is 108 Å². The van der Waals surface area contributed by atoms with Gasteiger partial charge in [0.1, 0.15) is 6.10 Å². The van der Waals surface area contributed by atoms with Gasteiger partial charge in [0.25, 0.3) is 0 Å². The number of carbonyl (C=O) groups is 2. The molecule has 98 valence electrons. The molecule has 0 aliphatic carbocycles. The van der Waals surface area contributed by atoms with E-state index in [0.29, 0.717) is 19.4 Å². The van der Waals surface area contributed by atoms with Crippen molar-refractivity contribution in [1.29, 1.82) is 0 Å². The van der Waals surface area contributed by atoms with Gasteiger partial charge < -0.3 is 9.64 Å². The van der Waals surface area contributed by atoms with Crippen LogP contribution in [0.1, 0.15) is 19.8 Å². The molecule has 0 aromatic rings. The van der Waals surface area contributed by atoms with Crippen LogP contribution in [0.25, 0.3) is 0 Å². The zero-order chi connectivity index (χ0) is 13.5. The number of allylic oxidation sites excluding steroid dienone is 1. The first-order chi connectivity index (χ1) is 8.58. The van der Waals surface area contributed by atoms with E-state index in [1.54, 1.807) is 24.4 Å².